The van der Waals surface area contributed by atoms with Gasteiger partial charge in [-0.05, 0) is 25.0 Å². The van der Waals surface area contributed by atoms with Gasteiger partial charge in [0.05, 0.1) is 0 Å². The van der Waals surface area contributed by atoms with Crippen LogP contribution in [0.15, 0.2) is 18.2 Å². The van der Waals surface area contributed by atoms with E-state index >= 15 is 0 Å². The van der Waals surface area contributed by atoms with E-state index in [1.54, 1.807) is 4.90 Å². The molecule has 90 valence electrons. The molecular formula is C13H13F2NO. The predicted octanol–water partition coefficient (Wildman–Crippen LogP) is 2.67. The average molecular weight is 237 g/mol. The molecule has 1 aromatic rings. The van der Waals surface area contributed by atoms with E-state index < -0.39 is 11.6 Å². The van der Waals surface area contributed by atoms with Gasteiger partial charge in [-0.1, -0.05) is 6.07 Å². The fraction of sp³-hybridized carbons (Fsp3) is 0.462. The molecule has 2 aliphatic heterocycles. The standard InChI is InChI=1S/C13H13F2NO/c14-11-2-1-3-12(15)13(11)16-8-4-5-9(16)7-10(17)6-8/h1-3,8-9H,4-7H2. The third-order valence-electron chi connectivity index (χ3n) is 3.74. The number of carbonyl (C=O) groups excluding carboxylic acids is 1. The lowest BCUT2D eigenvalue weighted by Gasteiger charge is -2.36. The van der Waals surface area contributed by atoms with Gasteiger partial charge in [0.15, 0.2) is 0 Å². The number of Topliss-reactive ketones (excluding diaryl/α,β-unsaturated/α-hetero) is 1. The Morgan fingerprint density at radius 3 is 2.12 bits per heavy atom. The number of ketones is 1. The molecule has 1 aromatic carbocycles. The van der Waals surface area contributed by atoms with E-state index in [1.807, 2.05) is 0 Å². The first-order chi connectivity index (χ1) is 8.16. The maximum Gasteiger partial charge on any atom is 0.149 e. The number of hydrogen-bond donors (Lipinski definition) is 0. The van der Waals surface area contributed by atoms with Crippen LogP contribution in [-0.4, -0.2) is 17.9 Å². The monoisotopic (exact) mass is 237 g/mol. The molecule has 17 heavy (non-hydrogen) atoms. The van der Waals surface area contributed by atoms with E-state index in [-0.39, 0.29) is 23.6 Å². The molecule has 2 aliphatic rings. The minimum atomic E-state index is -0.531. The van der Waals surface area contributed by atoms with Crippen LogP contribution in [0.1, 0.15) is 25.7 Å². The number of carbonyl (C=O) groups is 1. The molecule has 2 fully saturated rings. The van der Waals surface area contributed by atoms with Crippen LogP contribution in [0, 0.1) is 11.6 Å². The summed E-state index contributed by atoms with van der Waals surface area (Å²) < 4.78 is 27.5. The number of benzene rings is 1. The van der Waals surface area contributed by atoms with E-state index in [2.05, 4.69) is 0 Å². The Balaban J connectivity index is 2.03. The van der Waals surface area contributed by atoms with E-state index in [4.69, 9.17) is 0 Å². The number of hydrogen-bond acceptors (Lipinski definition) is 2. The lowest BCUT2D eigenvalue weighted by atomic mass is 10.0. The van der Waals surface area contributed by atoms with E-state index in [0.717, 1.165) is 12.8 Å². The number of anilines is 1. The summed E-state index contributed by atoms with van der Waals surface area (Å²) in [5, 5.41) is 0. The molecule has 0 N–H and O–H groups in total. The zero-order valence-electron chi connectivity index (χ0n) is 9.33. The molecule has 0 amide bonds. The highest BCUT2D eigenvalue weighted by Crippen LogP contribution is 2.40. The van der Waals surface area contributed by atoms with Gasteiger partial charge in [-0.15, -0.1) is 0 Å². The Hall–Kier alpha value is -1.45. The molecule has 0 spiro atoms. The molecule has 0 aromatic heterocycles. The fourth-order valence-corrected chi connectivity index (χ4v) is 3.07. The number of nitrogens with zero attached hydrogens (tertiary/aromatic N) is 1. The highest BCUT2D eigenvalue weighted by atomic mass is 19.1. The molecule has 2 nitrogen and oxygen atoms in total. The van der Waals surface area contributed by atoms with Gasteiger partial charge in [0, 0.05) is 24.9 Å². The summed E-state index contributed by atoms with van der Waals surface area (Å²) in [4.78, 5) is 13.2. The largest absolute Gasteiger partial charge is 0.360 e. The van der Waals surface area contributed by atoms with Crippen molar-refractivity contribution < 1.29 is 13.6 Å². The SMILES string of the molecule is O=C1CC2CCC(C1)N2c1c(F)cccc1F. The van der Waals surface area contributed by atoms with Crippen LogP contribution in [0.25, 0.3) is 0 Å². The van der Waals surface area contributed by atoms with Crippen molar-refractivity contribution in [2.24, 2.45) is 0 Å². The summed E-state index contributed by atoms with van der Waals surface area (Å²) in [5.41, 5.74) is 0.0486. The minimum Gasteiger partial charge on any atom is -0.360 e. The van der Waals surface area contributed by atoms with Crippen molar-refractivity contribution in [3.8, 4) is 0 Å². The summed E-state index contributed by atoms with van der Waals surface area (Å²) in [6, 6.07) is 3.87. The summed E-state index contributed by atoms with van der Waals surface area (Å²) in [7, 11) is 0. The normalized spacial score (nSPS) is 27.6. The quantitative estimate of drug-likeness (QED) is 0.748. The maximum absolute atomic E-state index is 13.7. The number of halogens is 2. The number of rotatable bonds is 1. The number of fused-ring (bicyclic) bond motifs is 2. The summed E-state index contributed by atoms with van der Waals surface area (Å²) in [6.07, 6.45) is 2.54. The molecule has 4 heteroatoms. The zero-order valence-corrected chi connectivity index (χ0v) is 9.33. The van der Waals surface area contributed by atoms with Gasteiger partial charge in [-0.2, -0.15) is 0 Å². The zero-order chi connectivity index (χ0) is 12.0. The van der Waals surface area contributed by atoms with Crippen molar-refractivity contribution in [1.82, 2.24) is 0 Å². The third-order valence-corrected chi connectivity index (χ3v) is 3.74. The highest BCUT2D eigenvalue weighted by Gasteiger charge is 2.42. The molecule has 2 saturated heterocycles. The second kappa shape index (κ2) is 3.79. The van der Waals surface area contributed by atoms with Crippen LogP contribution in [0.4, 0.5) is 14.5 Å². The minimum absolute atomic E-state index is 0.0207. The van der Waals surface area contributed by atoms with Crippen LogP contribution < -0.4 is 4.90 Å². The molecule has 0 radical (unpaired) electrons. The fourth-order valence-electron chi connectivity index (χ4n) is 3.07. The van der Waals surface area contributed by atoms with Gasteiger partial charge < -0.3 is 4.90 Å². The first-order valence-corrected chi connectivity index (χ1v) is 5.91. The molecule has 2 heterocycles. The van der Waals surface area contributed by atoms with Crippen molar-refractivity contribution in [2.75, 3.05) is 4.90 Å². The predicted molar refractivity (Wildman–Crippen MR) is 59.9 cm³/mol. The lowest BCUT2D eigenvalue weighted by molar-refractivity contribution is -0.120. The summed E-state index contributed by atoms with van der Waals surface area (Å²) in [6.45, 7) is 0. The van der Waals surface area contributed by atoms with Crippen molar-refractivity contribution in [3.05, 3.63) is 29.8 Å². The van der Waals surface area contributed by atoms with Crippen LogP contribution in [0.2, 0.25) is 0 Å². The van der Waals surface area contributed by atoms with Crippen molar-refractivity contribution in [2.45, 2.75) is 37.8 Å². The second-order valence-corrected chi connectivity index (χ2v) is 4.81. The van der Waals surface area contributed by atoms with E-state index in [9.17, 15) is 13.6 Å². The van der Waals surface area contributed by atoms with Gasteiger partial charge >= 0.3 is 0 Å². The van der Waals surface area contributed by atoms with Gasteiger partial charge in [0.25, 0.3) is 0 Å². The van der Waals surface area contributed by atoms with Gasteiger partial charge in [0.1, 0.15) is 23.1 Å². The van der Waals surface area contributed by atoms with Crippen LogP contribution >= 0.6 is 0 Å². The summed E-state index contributed by atoms with van der Waals surface area (Å²) >= 11 is 0. The van der Waals surface area contributed by atoms with Crippen molar-refractivity contribution in [1.29, 1.82) is 0 Å². The van der Waals surface area contributed by atoms with Gasteiger partial charge in [0.2, 0.25) is 0 Å². The Labute approximate surface area is 98.2 Å². The molecular weight excluding hydrogens is 224 g/mol. The lowest BCUT2D eigenvalue weighted by Crippen LogP contribution is -2.44. The Bertz CT molecular complexity index is 438. The van der Waals surface area contributed by atoms with Gasteiger partial charge in [-0.3, -0.25) is 4.79 Å². The molecule has 2 bridgehead atoms. The Kier molecular flexibility index (Phi) is 2.38. The van der Waals surface area contributed by atoms with Crippen LogP contribution in [-0.2, 0) is 4.79 Å². The first-order valence-electron chi connectivity index (χ1n) is 5.91. The highest BCUT2D eigenvalue weighted by molar-refractivity contribution is 5.83. The molecule has 0 saturated carbocycles. The maximum atomic E-state index is 13.7. The topological polar surface area (TPSA) is 20.3 Å². The van der Waals surface area contributed by atoms with Crippen LogP contribution in [0.5, 0.6) is 0 Å². The molecule has 2 unspecified atom stereocenters. The Morgan fingerprint density at radius 1 is 1.06 bits per heavy atom. The summed E-state index contributed by atoms with van der Waals surface area (Å²) in [5.74, 6) is -0.849. The Morgan fingerprint density at radius 2 is 1.59 bits per heavy atom. The van der Waals surface area contributed by atoms with E-state index in [1.165, 1.54) is 18.2 Å². The van der Waals surface area contributed by atoms with Crippen molar-refractivity contribution >= 4 is 11.5 Å². The van der Waals surface area contributed by atoms with Crippen molar-refractivity contribution in [3.63, 3.8) is 0 Å². The molecule has 3 rings (SSSR count). The van der Waals surface area contributed by atoms with E-state index in [0.29, 0.717) is 12.8 Å². The second-order valence-electron chi connectivity index (χ2n) is 4.81. The molecule has 0 aliphatic carbocycles. The third kappa shape index (κ3) is 1.63. The average Bonchev–Trinajstić information content (AvgIpc) is 2.54. The number of para-hydroxylation sites is 1. The smallest absolute Gasteiger partial charge is 0.149 e. The van der Waals surface area contributed by atoms with Crippen LogP contribution in [0.3, 0.4) is 0 Å². The first kappa shape index (κ1) is 10.7. The van der Waals surface area contributed by atoms with Gasteiger partial charge in [-0.25, -0.2) is 8.78 Å². The number of piperidine rings is 1. The molecule has 2 atom stereocenters.